The fourth-order valence-electron chi connectivity index (χ4n) is 2.91. The Bertz CT molecular complexity index is 1200. The second-order valence-corrected chi connectivity index (χ2v) is 8.86. The molecule has 1 saturated carbocycles. The summed E-state index contributed by atoms with van der Waals surface area (Å²) >= 11 is 0. The molecule has 0 unspecified atom stereocenters. The molecule has 0 atom stereocenters. The predicted octanol–water partition coefficient (Wildman–Crippen LogP) is 2.19. The summed E-state index contributed by atoms with van der Waals surface area (Å²) in [6.45, 7) is 0.517. The largest absolute Gasteiger partial charge is 0.476 e. The van der Waals surface area contributed by atoms with Gasteiger partial charge in [0.1, 0.15) is 5.69 Å². The molecule has 140 valence electrons. The zero-order chi connectivity index (χ0) is 19.2. The van der Waals surface area contributed by atoms with Gasteiger partial charge < -0.3 is 9.30 Å². The van der Waals surface area contributed by atoms with Crippen LogP contribution in [0.25, 0.3) is 22.0 Å². The number of rotatable bonds is 5. The van der Waals surface area contributed by atoms with Crippen LogP contribution in [0.5, 0.6) is 5.88 Å². The number of sulfone groups is 1. The van der Waals surface area contributed by atoms with Crippen LogP contribution in [0.3, 0.4) is 0 Å². The Morgan fingerprint density at radius 1 is 1.22 bits per heavy atom. The topological polar surface area (TPSA) is 91.2 Å². The molecule has 1 aromatic carbocycles. The highest BCUT2D eigenvalue weighted by atomic mass is 32.2. The summed E-state index contributed by atoms with van der Waals surface area (Å²) in [6.07, 6.45) is 6.18. The molecule has 0 N–H and O–H groups in total. The first kappa shape index (κ1) is 17.7. The Balaban J connectivity index is 1.97. The van der Waals surface area contributed by atoms with Gasteiger partial charge in [0.25, 0.3) is 5.56 Å². The van der Waals surface area contributed by atoms with E-state index in [4.69, 9.17) is 4.74 Å². The van der Waals surface area contributed by atoms with Crippen molar-refractivity contribution in [3.8, 4) is 17.1 Å². The minimum Gasteiger partial charge on any atom is -0.476 e. The molecule has 0 radical (unpaired) electrons. The maximum Gasteiger partial charge on any atom is 0.258 e. The van der Waals surface area contributed by atoms with E-state index in [9.17, 15) is 13.2 Å². The van der Waals surface area contributed by atoms with Gasteiger partial charge in [-0.3, -0.25) is 4.79 Å². The number of pyridine rings is 1. The van der Waals surface area contributed by atoms with Crippen molar-refractivity contribution in [1.82, 2.24) is 14.5 Å². The summed E-state index contributed by atoms with van der Waals surface area (Å²) in [5.41, 5.74) is 0.795. The molecule has 0 saturated heterocycles. The SMILES string of the molecule is Cn1cc(-c2nc(S(C)(=O)=O)cnc2OCC2CC2)c2ccccc2c1=O. The molecule has 27 heavy (non-hydrogen) atoms. The normalized spacial score (nSPS) is 14.4. The van der Waals surface area contributed by atoms with Gasteiger partial charge in [0.05, 0.1) is 12.8 Å². The highest BCUT2D eigenvalue weighted by Gasteiger charge is 2.25. The Morgan fingerprint density at radius 2 is 1.93 bits per heavy atom. The maximum atomic E-state index is 12.4. The molecule has 8 heteroatoms. The third kappa shape index (κ3) is 3.44. The van der Waals surface area contributed by atoms with Crippen molar-refractivity contribution in [3.05, 3.63) is 47.0 Å². The van der Waals surface area contributed by atoms with Crippen LogP contribution >= 0.6 is 0 Å². The lowest BCUT2D eigenvalue weighted by Gasteiger charge is -2.13. The van der Waals surface area contributed by atoms with Gasteiger partial charge in [-0.2, -0.15) is 0 Å². The molecule has 3 aromatic rings. The first-order valence-electron chi connectivity index (χ1n) is 8.63. The van der Waals surface area contributed by atoms with Crippen molar-refractivity contribution in [3.63, 3.8) is 0 Å². The lowest BCUT2D eigenvalue weighted by atomic mass is 10.0. The van der Waals surface area contributed by atoms with Gasteiger partial charge in [-0.15, -0.1) is 0 Å². The molecule has 2 heterocycles. The Labute approximate surface area is 156 Å². The Hall–Kier alpha value is -2.74. The molecule has 1 aliphatic carbocycles. The fourth-order valence-corrected chi connectivity index (χ4v) is 3.41. The zero-order valence-corrected chi connectivity index (χ0v) is 15.9. The van der Waals surface area contributed by atoms with E-state index in [0.717, 1.165) is 19.1 Å². The Morgan fingerprint density at radius 3 is 2.59 bits per heavy atom. The van der Waals surface area contributed by atoms with Crippen LogP contribution < -0.4 is 10.3 Å². The average molecular weight is 385 g/mol. The monoisotopic (exact) mass is 385 g/mol. The second-order valence-electron chi connectivity index (χ2n) is 6.89. The highest BCUT2D eigenvalue weighted by Crippen LogP contribution is 2.34. The third-order valence-electron chi connectivity index (χ3n) is 4.60. The van der Waals surface area contributed by atoms with Crippen molar-refractivity contribution in [2.45, 2.75) is 17.9 Å². The molecule has 0 spiro atoms. The maximum absolute atomic E-state index is 12.4. The van der Waals surface area contributed by atoms with Crippen LogP contribution in [0.4, 0.5) is 0 Å². The van der Waals surface area contributed by atoms with Gasteiger partial charge >= 0.3 is 0 Å². The predicted molar refractivity (Wildman–Crippen MR) is 102 cm³/mol. The van der Waals surface area contributed by atoms with Gasteiger partial charge in [0, 0.05) is 30.4 Å². The number of aromatic nitrogens is 3. The first-order valence-corrected chi connectivity index (χ1v) is 10.5. The van der Waals surface area contributed by atoms with E-state index in [1.165, 1.54) is 10.8 Å². The van der Waals surface area contributed by atoms with Crippen molar-refractivity contribution in [2.75, 3.05) is 12.9 Å². The van der Waals surface area contributed by atoms with Crippen molar-refractivity contribution in [2.24, 2.45) is 13.0 Å². The molecule has 2 aromatic heterocycles. The molecule has 7 nitrogen and oxygen atoms in total. The number of benzene rings is 1. The van der Waals surface area contributed by atoms with E-state index in [2.05, 4.69) is 9.97 Å². The Kier molecular flexibility index (Phi) is 4.22. The molecular formula is C19H19N3O4S. The number of hydrogen-bond donors (Lipinski definition) is 0. The molecule has 0 aliphatic heterocycles. The fraction of sp³-hybridized carbons (Fsp3) is 0.316. The van der Waals surface area contributed by atoms with Crippen LogP contribution in [-0.2, 0) is 16.9 Å². The minimum atomic E-state index is -3.54. The van der Waals surface area contributed by atoms with Crippen LogP contribution in [-0.4, -0.2) is 35.8 Å². The number of aryl methyl sites for hydroxylation is 1. The number of hydrogen-bond acceptors (Lipinski definition) is 6. The zero-order valence-electron chi connectivity index (χ0n) is 15.0. The van der Waals surface area contributed by atoms with Crippen LogP contribution in [0.1, 0.15) is 12.8 Å². The van der Waals surface area contributed by atoms with Crippen molar-refractivity contribution in [1.29, 1.82) is 0 Å². The molecule has 1 aliphatic rings. The first-order chi connectivity index (χ1) is 12.8. The van der Waals surface area contributed by atoms with E-state index in [0.29, 0.717) is 34.6 Å². The summed E-state index contributed by atoms with van der Waals surface area (Å²) in [6, 6.07) is 7.16. The summed E-state index contributed by atoms with van der Waals surface area (Å²) in [7, 11) is -1.89. The standard InChI is InChI=1S/C19H19N3O4S/c1-22-10-15(13-5-3-4-6-14(13)19(22)23)17-18(26-11-12-7-8-12)20-9-16(21-17)27(2,24)25/h3-6,9-10,12H,7-8,11H2,1-2H3. The molecule has 4 rings (SSSR count). The van der Waals surface area contributed by atoms with Gasteiger partial charge in [0.15, 0.2) is 14.9 Å². The van der Waals surface area contributed by atoms with E-state index < -0.39 is 9.84 Å². The lowest BCUT2D eigenvalue weighted by molar-refractivity contribution is 0.288. The van der Waals surface area contributed by atoms with Gasteiger partial charge in [-0.1, -0.05) is 18.2 Å². The van der Waals surface area contributed by atoms with Crippen molar-refractivity contribution < 1.29 is 13.2 Å². The average Bonchev–Trinajstić information content (AvgIpc) is 3.47. The molecule has 1 fully saturated rings. The lowest BCUT2D eigenvalue weighted by Crippen LogP contribution is -2.17. The van der Waals surface area contributed by atoms with Crippen LogP contribution in [0.2, 0.25) is 0 Å². The van der Waals surface area contributed by atoms with E-state index in [1.54, 1.807) is 25.4 Å². The molecule has 0 bridgehead atoms. The van der Waals surface area contributed by atoms with Gasteiger partial charge in [0.2, 0.25) is 5.88 Å². The van der Waals surface area contributed by atoms with Crippen LogP contribution in [0.15, 0.2) is 46.5 Å². The summed E-state index contributed by atoms with van der Waals surface area (Å²) < 4.78 is 31.3. The minimum absolute atomic E-state index is 0.130. The number of ether oxygens (including phenoxy) is 1. The third-order valence-corrected chi connectivity index (χ3v) is 5.55. The summed E-state index contributed by atoms with van der Waals surface area (Å²) in [5, 5.41) is 1.07. The smallest absolute Gasteiger partial charge is 0.258 e. The molecular weight excluding hydrogens is 366 g/mol. The van der Waals surface area contributed by atoms with E-state index >= 15 is 0 Å². The summed E-state index contributed by atoms with van der Waals surface area (Å²) in [4.78, 5) is 21.0. The van der Waals surface area contributed by atoms with Gasteiger partial charge in [-0.25, -0.2) is 18.4 Å². The number of nitrogens with zero attached hydrogens (tertiary/aromatic N) is 3. The van der Waals surface area contributed by atoms with E-state index in [1.807, 2.05) is 12.1 Å². The summed E-state index contributed by atoms with van der Waals surface area (Å²) in [5.74, 6) is 0.782. The quantitative estimate of drug-likeness (QED) is 0.669. The van der Waals surface area contributed by atoms with Gasteiger partial charge in [-0.05, 0) is 30.2 Å². The second kappa shape index (κ2) is 6.45. The van der Waals surface area contributed by atoms with Crippen molar-refractivity contribution >= 4 is 20.6 Å². The number of fused-ring (bicyclic) bond motifs is 1. The molecule has 0 amide bonds. The highest BCUT2D eigenvalue weighted by molar-refractivity contribution is 7.90. The van der Waals surface area contributed by atoms with E-state index in [-0.39, 0.29) is 16.5 Å². The van der Waals surface area contributed by atoms with Crippen LogP contribution in [0, 0.1) is 5.92 Å².